The first kappa shape index (κ1) is 12.0. The number of nitrogens with zero attached hydrogens (tertiary/aromatic N) is 1. The first-order valence-electron chi connectivity index (χ1n) is 5.04. The van der Waals surface area contributed by atoms with Crippen molar-refractivity contribution in [1.29, 1.82) is 0 Å². The van der Waals surface area contributed by atoms with Crippen LogP contribution in [0.15, 0.2) is 29.2 Å². The lowest BCUT2D eigenvalue weighted by Crippen LogP contribution is -2.21. The summed E-state index contributed by atoms with van der Waals surface area (Å²) >= 11 is 0. The third-order valence-corrected chi connectivity index (χ3v) is 3.48. The van der Waals surface area contributed by atoms with Gasteiger partial charge in [-0.1, -0.05) is 6.07 Å². The molecule has 3 nitrogen and oxygen atoms in total. The summed E-state index contributed by atoms with van der Waals surface area (Å²) in [5.74, 6) is 0. The lowest BCUT2D eigenvalue weighted by Gasteiger charge is -2.21. The van der Waals surface area contributed by atoms with Gasteiger partial charge in [0.2, 0.25) is 0 Å². The van der Waals surface area contributed by atoms with Gasteiger partial charge in [0.25, 0.3) is 0 Å². The highest BCUT2D eigenvalue weighted by Gasteiger charge is 2.09. The number of anilines is 1. The zero-order chi connectivity index (χ0) is 11.5. The van der Waals surface area contributed by atoms with Crippen LogP contribution in [0, 0.1) is 0 Å². The highest BCUT2D eigenvalue weighted by molar-refractivity contribution is 7.90. The molecule has 0 aliphatic carbocycles. The minimum absolute atomic E-state index is 0.381. The van der Waals surface area contributed by atoms with Gasteiger partial charge in [-0.05, 0) is 32.0 Å². The monoisotopic (exact) mass is 227 g/mol. The summed E-state index contributed by atoms with van der Waals surface area (Å²) in [4.78, 5) is 2.50. The summed E-state index contributed by atoms with van der Waals surface area (Å²) in [6, 6.07) is 7.07. The molecule has 0 atom stereocenters. The van der Waals surface area contributed by atoms with E-state index in [2.05, 4.69) is 18.7 Å². The van der Waals surface area contributed by atoms with Gasteiger partial charge in [0.15, 0.2) is 9.84 Å². The fourth-order valence-electron chi connectivity index (χ4n) is 1.50. The van der Waals surface area contributed by atoms with Gasteiger partial charge in [0.05, 0.1) is 4.90 Å². The predicted molar refractivity (Wildman–Crippen MR) is 63.1 cm³/mol. The quantitative estimate of drug-likeness (QED) is 0.789. The second-order valence-corrected chi connectivity index (χ2v) is 5.46. The van der Waals surface area contributed by atoms with E-state index in [-0.39, 0.29) is 0 Å². The van der Waals surface area contributed by atoms with Crippen molar-refractivity contribution in [1.82, 2.24) is 0 Å². The molecule has 0 N–H and O–H groups in total. The van der Waals surface area contributed by atoms with Gasteiger partial charge in [-0.25, -0.2) is 8.42 Å². The molecule has 1 aromatic rings. The fourth-order valence-corrected chi connectivity index (χ4v) is 2.16. The smallest absolute Gasteiger partial charge is 0.175 e. The van der Waals surface area contributed by atoms with Crippen LogP contribution < -0.4 is 4.90 Å². The van der Waals surface area contributed by atoms with E-state index in [1.165, 1.54) is 6.26 Å². The minimum atomic E-state index is -3.10. The third-order valence-electron chi connectivity index (χ3n) is 2.37. The van der Waals surface area contributed by atoms with Crippen LogP contribution >= 0.6 is 0 Å². The van der Waals surface area contributed by atoms with E-state index in [4.69, 9.17) is 0 Å². The van der Waals surface area contributed by atoms with E-state index in [0.717, 1.165) is 18.8 Å². The predicted octanol–water partition coefficient (Wildman–Crippen LogP) is 1.94. The first-order valence-corrected chi connectivity index (χ1v) is 6.93. The van der Waals surface area contributed by atoms with Crippen LogP contribution in [0.25, 0.3) is 0 Å². The highest BCUT2D eigenvalue weighted by Crippen LogP contribution is 2.18. The van der Waals surface area contributed by atoms with Gasteiger partial charge in [-0.2, -0.15) is 0 Å². The third kappa shape index (κ3) is 2.96. The zero-order valence-electron chi connectivity index (χ0n) is 9.40. The summed E-state index contributed by atoms with van der Waals surface area (Å²) in [6.07, 6.45) is 1.23. The second kappa shape index (κ2) is 4.66. The van der Waals surface area contributed by atoms with Gasteiger partial charge in [0.1, 0.15) is 0 Å². The van der Waals surface area contributed by atoms with Crippen molar-refractivity contribution in [3.05, 3.63) is 24.3 Å². The Labute approximate surface area is 91.6 Å². The van der Waals surface area contributed by atoms with Crippen LogP contribution in [0.1, 0.15) is 13.8 Å². The maximum absolute atomic E-state index is 11.4. The molecule has 15 heavy (non-hydrogen) atoms. The van der Waals surface area contributed by atoms with Gasteiger partial charge >= 0.3 is 0 Å². The molecule has 0 unspecified atom stereocenters. The molecule has 0 heterocycles. The van der Waals surface area contributed by atoms with Crippen LogP contribution in [-0.2, 0) is 9.84 Å². The van der Waals surface area contributed by atoms with Gasteiger partial charge < -0.3 is 4.90 Å². The Morgan fingerprint density at radius 1 is 1.20 bits per heavy atom. The Morgan fingerprint density at radius 2 is 1.80 bits per heavy atom. The zero-order valence-corrected chi connectivity index (χ0v) is 10.2. The van der Waals surface area contributed by atoms with Crippen molar-refractivity contribution in [3.8, 4) is 0 Å². The average Bonchev–Trinajstić information content (AvgIpc) is 2.19. The molecule has 0 aromatic heterocycles. The van der Waals surface area contributed by atoms with E-state index in [1.807, 2.05) is 6.07 Å². The largest absolute Gasteiger partial charge is 0.372 e. The van der Waals surface area contributed by atoms with Crippen LogP contribution in [-0.4, -0.2) is 27.8 Å². The maximum atomic E-state index is 11.4. The molecule has 0 bridgehead atoms. The molecule has 0 aliphatic rings. The Morgan fingerprint density at radius 3 is 2.27 bits per heavy atom. The van der Waals surface area contributed by atoms with Crippen molar-refractivity contribution in [3.63, 3.8) is 0 Å². The molecule has 0 saturated heterocycles. The number of benzene rings is 1. The van der Waals surface area contributed by atoms with Gasteiger partial charge in [-0.15, -0.1) is 0 Å². The Hall–Kier alpha value is -1.03. The summed E-state index contributed by atoms with van der Waals surface area (Å²) in [5, 5.41) is 0. The Bertz CT molecular complexity index is 422. The molecule has 1 rings (SSSR count). The molecule has 0 radical (unpaired) electrons. The van der Waals surface area contributed by atoms with Crippen molar-refractivity contribution in [2.24, 2.45) is 0 Å². The standard InChI is InChI=1S/C11H17NO2S/c1-4-12(5-2)10-7-6-8-11(9-10)15(3,13)14/h6-9H,4-5H2,1-3H3. The lowest BCUT2D eigenvalue weighted by molar-refractivity contribution is 0.602. The van der Waals surface area contributed by atoms with E-state index < -0.39 is 9.84 Å². The normalized spacial score (nSPS) is 11.4. The van der Waals surface area contributed by atoms with Crippen LogP contribution in [0.5, 0.6) is 0 Å². The van der Waals surface area contributed by atoms with E-state index >= 15 is 0 Å². The topological polar surface area (TPSA) is 37.4 Å². The second-order valence-electron chi connectivity index (χ2n) is 3.44. The van der Waals surface area contributed by atoms with E-state index in [0.29, 0.717) is 4.90 Å². The summed E-state index contributed by atoms with van der Waals surface area (Å²) in [6.45, 7) is 5.86. The van der Waals surface area contributed by atoms with E-state index in [9.17, 15) is 8.42 Å². The van der Waals surface area contributed by atoms with Crippen molar-refractivity contribution >= 4 is 15.5 Å². The minimum Gasteiger partial charge on any atom is -0.372 e. The summed E-state index contributed by atoms with van der Waals surface area (Å²) < 4.78 is 22.7. The molecular weight excluding hydrogens is 210 g/mol. The molecule has 0 saturated carbocycles. The summed E-state index contributed by atoms with van der Waals surface area (Å²) in [7, 11) is -3.10. The number of rotatable bonds is 4. The van der Waals surface area contributed by atoms with Crippen LogP contribution in [0.2, 0.25) is 0 Å². The van der Waals surface area contributed by atoms with Crippen molar-refractivity contribution < 1.29 is 8.42 Å². The average molecular weight is 227 g/mol. The summed E-state index contributed by atoms with van der Waals surface area (Å²) in [5.41, 5.74) is 0.961. The Balaban J connectivity index is 3.13. The molecule has 0 spiro atoms. The molecule has 4 heteroatoms. The molecule has 0 amide bonds. The lowest BCUT2D eigenvalue weighted by atomic mass is 10.3. The highest BCUT2D eigenvalue weighted by atomic mass is 32.2. The number of hydrogen-bond donors (Lipinski definition) is 0. The molecule has 84 valence electrons. The van der Waals surface area contributed by atoms with E-state index in [1.54, 1.807) is 18.2 Å². The Kier molecular flexibility index (Phi) is 3.74. The van der Waals surface area contributed by atoms with Gasteiger partial charge in [-0.3, -0.25) is 0 Å². The molecule has 1 aromatic carbocycles. The van der Waals surface area contributed by atoms with Crippen LogP contribution in [0.4, 0.5) is 5.69 Å². The first-order chi connectivity index (χ1) is 6.99. The molecule has 0 aliphatic heterocycles. The van der Waals surface area contributed by atoms with Crippen LogP contribution in [0.3, 0.4) is 0 Å². The molecule has 0 fully saturated rings. The maximum Gasteiger partial charge on any atom is 0.175 e. The number of sulfone groups is 1. The van der Waals surface area contributed by atoms with Crippen molar-refractivity contribution in [2.45, 2.75) is 18.7 Å². The van der Waals surface area contributed by atoms with Gasteiger partial charge in [0, 0.05) is 25.0 Å². The SMILES string of the molecule is CCN(CC)c1cccc(S(C)(=O)=O)c1. The van der Waals surface area contributed by atoms with Crippen molar-refractivity contribution in [2.75, 3.05) is 24.2 Å². The number of hydrogen-bond acceptors (Lipinski definition) is 3. The fraction of sp³-hybridized carbons (Fsp3) is 0.455. The molecular formula is C11H17NO2S.